The number of rotatable bonds is 4. The molecular formula is C15H25N3. The van der Waals surface area contributed by atoms with Gasteiger partial charge in [-0.25, -0.2) is 0 Å². The summed E-state index contributed by atoms with van der Waals surface area (Å²) in [5.41, 5.74) is 8.47. The highest BCUT2D eigenvalue weighted by molar-refractivity contribution is 5.11. The maximum absolute atomic E-state index is 6.05. The van der Waals surface area contributed by atoms with Crippen LogP contribution in [0.15, 0.2) is 18.2 Å². The van der Waals surface area contributed by atoms with E-state index in [4.69, 9.17) is 5.73 Å². The number of aryl methyl sites for hydroxylation is 1. The fourth-order valence-electron chi connectivity index (χ4n) is 3.15. The van der Waals surface area contributed by atoms with Gasteiger partial charge in [0.15, 0.2) is 0 Å². The Kier molecular flexibility index (Phi) is 4.03. The fourth-order valence-corrected chi connectivity index (χ4v) is 3.15. The van der Waals surface area contributed by atoms with E-state index >= 15 is 0 Å². The Morgan fingerprint density at radius 3 is 2.83 bits per heavy atom. The number of likely N-dealkylation sites (N-methyl/N-ethyl adjacent to an activating group) is 1. The van der Waals surface area contributed by atoms with E-state index in [0.29, 0.717) is 0 Å². The largest absolute Gasteiger partial charge is 0.329 e. The van der Waals surface area contributed by atoms with Crippen LogP contribution in [0, 0.1) is 12.8 Å². The van der Waals surface area contributed by atoms with Crippen molar-refractivity contribution in [1.29, 1.82) is 0 Å². The Morgan fingerprint density at radius 1 is 1.50 bits per heavy atom. The molecule has 3 nitrogen and oxygen atoms in total. The smallest absolute Gasteiger partial charge is 0.0547 e. The highest BCUT2D eigenvalue weighted by atomic mass is 15.2. The van der Waals surface area contributed by atoms with Crippen LogP contribution in [0.25, 0.3) is 0 Å². The molecule has 1 fully saturated rings. The van der Waals surface area contributed by atoms with Crippen LogP contribution in [0.3, 0.4) is 0 Å². The molecule has 0 amide bonds. The van der Waals surface area contributed by atoms with Crippen LogP contribution in [0.1, 0.15) is 37.6 Å². The lowest BCUT2D eigenvalue weighted by molar-refractivity contribution is 0.118. The van der Waals surface area contributed by atoms with E-state index in [2.05, 4.69) is 36.0 Å². The van der Waals surface area contributed by atoms with Crippen LogP contribution in [0.5, 0.6) is 0 Å². The molecule has 1 aliphatic carbocycles. The van der Waals surface area contributed by atoms with Crippen molar-refractivity contribution < 1.29 is 0 Å². The zero-order valence-electron chi connectivity index (χ0n) is 11.8. The average Bonchev–Trinajstić information content (AvgIpc) is 2.72. The summed E-state index contributed by atoms with van der Waals surface area (Å²) in [6.45, 7) is 6.02. The minimum absolute atomic E-state index is 0.185. The van der Waals surface area contributed by atoms with Gasteiger partial charge in [-0.3, -0.25) is 9.88 Å². The topological polar surface area (TPSA) is 42.1 Å². The van der Waals surface area contributed by atoms with E-state index in [1.165, 1.54) is 19.3 Å². The van der Waals surface area contributed by atoms with E-state index in [1.54, 1.807) is 0 Å². The molecule has 1 aromatic heterocycles. The van der Waals surface area contributed by atoms with E-state index < -0.39 is 0 Å². The first-order valence-corrected chi connectivity index (χ1v) is 6.89. The molecule has 2 atom stereocenters. The summed E-state index contributed by atoms with van der Waals surface area (Å²) in [6.07, 6.45) is 3.72. The molecule has 2 rings (SSSR count). The van der Waals surface area contributed by atoms with E-state index in [0.717, 1.165) is 30.4 Å². The van der Waals surface area contributed by atoms with Gasteiger partial charge in [0.2, 0.25) is 0 Å². The molecule has 18 heavy (non-hydrogen) atoms. The third-order valence-electron chi connectivity index (χ3n) is 4.37. The molecule has 0 saturated heterocycles. The Hall–Kier alpha value is -0.930. The summed E-state index contributed by atoms with van der Waals surface area (Å²) in [5.74, 6) is 0.793. The maximum atomic E-state index is 6.05. The van der Waals surface area contributed by atoms with E-state index in [-0.39, 0.29) is 5.54 Å². The number of nitrogens with zero attached hydrogens (tertiary/aromatic N) is 2. The summed E-state index contributed by atoms with van der Waals surface area (Å²) in [7, 11) is 2.19. The number of aromatic nitrogens is 1. The second kappa shape index (κ2) is 5.37. The van der Waals surface area contributed by atoms with Gasteiger partial charge >= 0.3 is 0 Å². The normalized spacial score (nSPS) is 27.9. The molecule has 1 aliphatic rings. The Balaban J connectivity index is 2.09. The van der Waals surface area contributed by atoms with Crippen molar-refractivity contribution in [1.82, 2.24) is 9.88 Å². The molecule has 3 heteroatoms. The molecule has 0 spiro atoms. The first-order valence-electron chi connectivity index (χ1n) is 6.89. The van der Waals surface area contributed by atoms with Gasteiger partial charge in [-0.05, 0) is 51.3 Å². The first kappa shape index (κ1) is 13.5. The minimum atomic E-state index is 0.185. The standard InChI is InChI=1S/C15H25N3/c1-12-7-8-15(9-12,11-16)18(3)10-14-6-4-5-13(2)17-14/h4-6,12H,7-11,16H2,1-3H3. The van der Waals surface area contributed by atoms with Gasteiger partial charge in [0.1, 0.15) is 0 Å². The predicted molar refractivity (Wildman–Crippen MR) is 75.2 cm³/mol. The number of pyridine rings is 1. The molecule has 2 N–H and O–H groups in total. The molecule has 2 unspecified atom stereocenters. The van der Waals surface area contributed by atoms with Crippen molar-refractivity contribution in [3.8, 4) is 0 Å². The molecule has 1 saturated carbocycles. The fraction of sp³-hybridized carbons (Fsp3) is 0.667. The number of nitrogens with two attached hydrogens (primary N) is 1. The third kappa shape index (κ3) is 2.73. The lowest BCUT2D eigenvalue weighted by Gasteiger charge is -2.38. The second-order valence-corrected chi connectivity index (χ2v) is 5.90. The molecule has 1 aromatic rings. The highest BCUT2D eigenvalue weighted by Gasteiger charge is 2.39. The van der Waals surface area contributed by atoms with E-state index in [9.17, 15) is 0 Å². The molecular weight excluding hydrogens is 222 g/mol. The zero-order chi connectivity index (χ0) is 13.2. The highest BCUT2D eigenvalue weighted by Crippen LogP contribution is 2.38. The lowest BCUT2D eigenvalue weighted by Crippen LogP contribution is -2.49. The molecule has 100 valence electrons. The molecule has 0 bridgehead atoms. The van der Waals surface area contributed by atoms with Gasteiger partial charge in [-0.2, -0.15) is 0 Å². The predicted octanol–water partition coefficient (Wildman–Crippen LogP) is 2.34. The van der Waals surface area contributed by atoms with Crippen molar-refractivity contribution in [2.24, 2.45) is 11.7 Å². The van der Waals surface area contributed by atoms with Crippen molar-refractivity contribution in [3.63, 3.8) is 0 Å². The van der Waals surface area contributed by atoms with Crippen LogP contribution in [0.4, 0.5) is 0 Å². The summed E-state index contributed by atoms with van der Waals surface area (Å²) in [4.78, 5) is 7.00. The summed E-state index contributed by atoms with van der Waals surface area (Å²) < 4.78 is 0. The summed E-state index contributed by atoms with van der Waals surface area (Å²) in [6, 6.07) is 6.23. The van der Waals surface area contributed by atoms with Gasteiger partial charge in [0, 0.05) is 24.3 Å². The van der Waals surface area contributed by atoms with Gasteiger partial charge < -0.3 is 5.73 Å². The lowest BCUT2D eigenvalue weighted by atomic mass is 9.94. The Bertz CT molecular complexity index is 404. The molecule has 1 heterocycles. The maximum Gasteiger partial charge on any atom is 0.0547 e. The van der Waals surface area contributed by atoms with E-state index in [1.807, 2.05) is 13.0 Å². The zero-order valence-corrected chi connectivity index (χ0v) is 11.8. The minimum Gasteiger partial charge on any atom is -0.329 e. The quantitative estimate of drug-likeness (QED) is 0.888. The number of hydrogen-bond donors (Lipinski definition) is 1. The Morgan fingerprint density at radius 2 is 2.28 bits per heavy atom. The van der Waals surface area contributed by atoms with Gasteiger partial charge in [0.05, 0.1) is 5.69 Å². The van der Waals surface area contributed by atoms with Crippen molar-refractivity contribution in [2.75, 3.05) is 13.6 Å². The molecule has 0 radical (unpaired) electrons. The van der Waals surface area contributed by atoms with Crippen molar-refractivity contribution in [3.05, 3.63) is 29.6 Å². The van der Waals surface area contributed by atoms with Gasteiger partial charge in [-0.1, -0.05) is 13.0 Å². The van der Waals surface area contributed by atoms with Gasteiger partial charge in [0.25, 0.3) is 0 Å². The number of hydrogen-bond acceptors (Lipinski definition) is 3. The third-order valence-corrected chi connectivity index (χ3v) is 4.37. The van der Waals surface area contributed by atoms with Crippen molar-refractivity contribution >= 4 is 0 Å². The first-order chi connectivity index (χ1) is 8.55. The monoisotopic (exact) mass is 247 g/mol. The van der Waals surface area contributed by atoms with Crippen LogP contribution in [0.2, 0.25) is 0 Å². The van der Waals surface area contributed by atoms with Crippen molar-refractivity contribution in [2.45, 2.75) is 45.2 Å². The SMILES string of the molecule is Cc1cccc(CN(C)C2(CN)CCC(C)C2)n1. The van der Waals surface area contributed by atoms with Crippen LogP contribution < -0.4 is 5.73 Å². The van der Waals surface area contributed by atoms with Crippen LogP contribution >= 0.6 is 0 Å². The molecule has 0 aromatic carbocycles. The summed E-state index contributed by atoms with van der Waals surface area (Å²) in [5, 5.41) is 0. The second-order valence-electron chi connectivity index (χ2n) is 5.90. The van der Waals surface area contributed by atoms with Gasteiger partial charge in [-0.15, -0.1) is 0 Å². The molecule has 0 aliphatic heterocycles. The summed E-state index contributed by atoms with van der Waals surface area (Å²) >= 11 is 0. The van der Waals surface area contributed by atoms with Crippen LogP contribution in [-0.2, 0) is 6.54 Å². The Labute approximate surface area is 110 Å². The van der Waals surface area contributed by atoms with Crippen LogP contribution in [-0.4, -0.2) is 29.0 Å². The average molecular weight is 247 g/mol.